The quantitative estimate of drug-likeness (QED) is 0.801. The number of aliphatic hydroxyl groups is 1. The molecule has 1 N–H and O–H groups in total. The second-order valence-corrected chi connectivity index (χ2v) is 6.06. The smallest absolute Gasteiger partial charge is 0.243 e. The first-order valence-corrected chi connectivity index (χ1v) is 7.20. The molecule has 5 heteroatoms. The summed E-state index contributed by atoms with van der Waals surface area (Å²) in [5.74, 6) is 0. The van der Waals surface area contributed by atoms with Crippen molar-refractivity contribution in [1.82, 2.24) is 4.31 Å². The molecule has 0 aliphatic rings. The first-order valence-electron chi connectivity index (χ1n) is 5.76. The Morgan fingerprint density at radius 1 is 1.39 bits per heavy atom. The minimum atomic E-state index is -3.58. The van der Waals surface area contributed by atoms with E-state index in [1.807, 2.05) is 0 Å². The molecule has 0 fully saturated rings. The summed E-state index contributed by atoms with van der Waals surface area (Å²) < 4.78 is 26.3. The van der Waals surface area contributed by atoms with Crippen LogP contribution in [0.5, 0.6) is 0 Å². The van der Waals surface area contributed by atoms with Gasteiger partial charge in [-0.25, -0.2) is 8.42 Å². The van der Waals surface area contributed by atoms with Crippen molar-refractivity contribution in [2.24, 2.45) is 0 Å². The maximum atomic E-state index is 12.5. The second-order valence-electron chi connectivity index (χ2n) is 4.15. The summed E-state index contributed by atoms with van der Waals surface area (Å²) in [6, 6.07) is 6.49. The van der Waals surface area contributed by atoms with Crippen LogP contribution in [-0.4, -0.2) is 30.9 Å². The van der Waals surface area contributed by atoms with Gasteiger partial charge in [-0.1, -0.05) is 37.3 Å². The average molecular weight is 269 g/mol. The molecule has 0 saturated heterocycles. The molecule has 0 spiro atoms. The van der Waals surface area contributed by atoms with Crippen molar-refractivity contribution in [3.05, 3.63) is 42.0 Å². The van der Waals surface area contributed by atoms with Crippen LogP contribution in [0.2, 0.25) is 0 Å². The van der Waals surface area contributed by atoms with Gasteiger partial charge in [-0.2, -0.15) is 4.31 Å². The third-order valence-corrected chi connectivity index (χ3v) is 4.58. The van der Waals surface area contributed by atoms with Gasteiger partial charge in [0.1, 0.15) is 0 Å². The van der Waals surface area contributed by atoms with E-state index >= 15 is 0 Å². The Morgan fingerprint density at radius 3 is 2.50 bits per heavy atom. The number of nitrogens with zero attached hydrogens (tertiary/aromatic N) is 1. The molecule has 0 bridgehead atoms. The number of hydrogen-bond acceptors (Lipinski definition) is 3. The van der Waals surface area contributed by atoms with Crippen LogP contribution in [0.15, 0.2) is 41.3 Å². The average Bonchev–Trinajstić information content (AvgIpc) is 2.35. The molecule has 18 heavy (non-hydrogen) atoms. The van der Waals surface area contributed by atoms with E-state index in [0.29, 0.717) is 18.7 Å². The van der Waals surface area contributed by atoms with Gasteiger partial charge < -0.3 is 5.11 Å². The molecule has 0 aliphatic heterocycles. The van der Waals surface area contributed by atoms with Crippen molar-refractivity contribution in [2.45, 2.75) is 25.3 Å². The molecule has 0 aliphatic carbocycles. The van der Waals surface area contributed by atoms with Gasteiger partial charge in [-0.05, 0) is 18.6 Å². The highest BCUT2D eigenvalue weighted by molar-refractivity contribution is 7.89. The second kappa shape index (κ2) is 6.13. The van der Waals surface area contributed by atoms with Crippen LogP contribution in [0, 0.1) is 0 Å². The Morgan fingerprint density at radius 2 is 2.00 bits per heavy atom. The third kappa shape index (κ3) is 3.19. The topological polar surface area (TPSA) is 57.6 Å². The Kier molecular flexibility index (Phi) is 5.07. The highest BCUT2D eigenvalue weighted by atomic mass is 32.2. The molecule has 0 unspecified atom stereocenters. The third-order valence-electron chi connectivity index (χ3n) is 2.56. The number of likely N-dealkylation sites (N-methyl/N-ethyl adjacent to an activating group) is 1. The zero-order valence-corrected chi connectivity index (χ0v) is 11.6. The molecule has 0 heterocycles. The van der Waals surface area contributed by atoms with Gasteiger partial charge in [-0.3, -0.25) is 0 Å². The predicted octanol–water partition coefficient (Wildman–Crippen LogP) is 1.77. The molecule has 0 saturated carbocycles. The normalized spacial score (nSPS) is 11.8. The minimum absolute atomic E-state index is 0.163. The minimum Gasteiger partial charge on any atom is -0.392 e. The molecule has 4 nitrogen and oxygen atoms in total. The molecule has 1 rings (SSSR count). The maximum absolute atomic E-state index is 12.5. The Bertz CT molecular complexity index is 523. The van der Waals surface area contributed by atoms with Crippen molar-refractivity contribution in [3.8, 4) is 0 Å². The molecule has 0 atom stereocenters. The van der Waals surface area contributed by atoms with Crippen molar-refractivity contribution >= 4 is 10.0 Å². The summed E-state index contributed by atoms with van der Waals surface area (Å²) in [4.78, 5) is 0.163. The van der Waals surface area contributed by atoms with Crippen molar-refractivity contribution in [2.75, 3.05) is 13.1 Å². The highest BCUT2D eigenvalue weighted by Crippen LogP contribution is 2.20. The summed E-state index contributed by atoms with van der Waals surface area (Å²) in [6.07, 6.45) is 0. The summed E-state index contributed by atoms with van der Waals surface area (Å²) in [5.41, 5.74) is 1.19. The Hall–Kier alpha value is -1.17. The van der Waals surface area contributed by atoms with Crippen molar-refractivity contribution in [1.29, 1.82) is 0 Å². The standard InChI is InChI=1S/C13H19NO3S/c1-4-14(9-11(2)3)18(16,17)13-8-6-5-7-12(13)10-15/h5-8,15H,2,4,9-10H2,1,3H3. The van der Waals surface area contributed by atoms with E-state index in [1.54, 1.807) is 32.0 Å². The van der Waals surface area contributed by atoms with Crippen LogP contribution >= 0.6 is 0 Å². The van der Waals surface area contributed by atoms with Gasteiger partial charge in [-0.15, -0.1) is 0 Å². The Balaban J connectivity index is 3.22. The van der Waals surface area contributed by atoms with Crippen molar-refractivity contribution in [3.63, 3.8) is 0 Å². The lowest BCUT2D eigenvalue weighted by Gasteiger charge is -2.21. The molecule has 1 aromatic carbocycles. The van der Waals surface area contributed by atoms with Crippen LogP contribution in [0.3, 0.4) is 0 Å². The van der Waals surface area contributed by atoms with E-state index in [-0.39, 0.29) is 11.5 Å². The lowest BCUT2D eigenvalue weighted by molar-refractivity contribution is 0.278. The zero-order valence-electron chi connectivity index (χ0n) is 10.8. The van der Waals surface area contributed by atoms with E-state index in [0.717, 1.165) is 5.57 Å². The first kappa shape index (κ1) is 14.9. The zero-order chi connectivity index (χ0) is 13.8. The fourth-order valence-corrected chi connectivity index (χ4v) is 3.42. The van der Waals surface area contributed by atoms with Gasteiger partial charge >= 0.3 is 0 Å². The molecule has 0 radical (unpaired) electrons. The van der Waals surface area contributed by atoms with Gasteiger partial charge in [0.25, 0.3) is 0 Å². The largest absolute Gasteiger partial charge is 0.392 e. The number of benzene rings is 1. The summed E-state index contributed by atoms with van der Waals surface area (Å²) in [5, 5.41) is 9.22. The van der Waals surface area contributed by atoms with E-state index in [4.69, 9.17) is 0 Å². The van der Waals surface area contributed by atoms with Crippen LogP contribution in [0.25, 0.3) is 0 Å². The molecular weight excluding hydrogens is 250 g/mol. The molecule has 0 amide bonds. The summed E-state index contributed by atoms with van der Waals surface area (Å²) in [7, 11) is -3.58. The first-order chi connectivity index (χ1) is 8.43. The van der Waals surface area contributed by atoms with E-state index < -0.39 is 10.0 Å². The molecular formula is C13H19NO3S. The fraction of sp³-hybridized carbons (Fsp3) is 0.385. The van der Waals surface area contributed by atoms with Gasteiger partial charge in [0.15, 0.2) is 0 Å². The lowest BCUT2D eigenvalue weighted by Crippen LogP contribution is -2.32. The molecule has 1 aromatic rings. The number of hydrogen-bond donors (Lipinski definition) is 1. The summed E-state index contributed by atoms with van der Waals surface area (Å²) >= 11 is 0. The SMILES string of the molecule is C=C(C)CN(CC)S(=O)(=O)c1ccccc1CO. The van der Waals surface area contributed by atoms with E-state index in [1.165, 1.54) is 10.4 Å². The molecule has 0 aromatic heterocycles. The van der Waals surface area contributed by atoms with Crippen LogP contribution in [-0.2, 0) is 16.6 Å². The molecule has 100 valence electrons. The van der Waals surface area contributed by atoms with Crippen molar-refractivity contribution < 1.29 is 13.5 Å². The predicted molar refractivity (Wildman–Crippen MR) is 71.6 cm³/mol. The monoisotopic (exact) mass is 269 g/mol. The van der Waals surface area contributed by atoms with Gasteiger partial charge in [0.05, 0.1) is 11.5 Å². The number of sulfonamides is 1. The Labute approximate surface area is 109 Å². The number of aliphatic hydroxyl groups excluding tert-OH is 1. The van der Waals surface area contributed by atoms with E-state index in [9.17, 15) is 13.5 Å². The van der Waals surface area contributed by atoms with E-state index in [2.05, 4.69) is 6.58 Å². The highest BCUT2D eigenvalue weighted by Gasteiger charge is 2.25. The van der Waals surface area contributed by atoms with Crippen LogP contribution in [0.1, 0.15) is 19.4 Å². The fourth-order valence-electron chi connectivity index (χ4n) is 1.69. The lowest BCUT2D eigenvalue weighted by atomic mass is 10.2. The van der Waals surface area contributed by atoms with Gasteiger partial charge in [0, 0.05) is 13.1 Å². The summed E-state index contributed by atoms with van der Waals surface area (Å²) in [6.45, 7) is 7.67. The number of rotatable bonds is 6. The van der Waals surface area contributed by atoms with Crippen LogP contribution in [0.4, 0.5) is 0 Å². The van der Waals surface area contributed by atoms with Crippen LogP contribution < -0.4 is 0 Å². The van der Waals surface area contributed by atoms with Gasteiger partial charge in [0.2, 0.25) is 10.0 Å². The maximum Gasteiger partial charge on any atom is 0.243 e.